The minimum absolute atomic E-state index is 0.181. The predicted molar refractivity (Wildman–Crippen MR) is 60.2 cm³/mol. The van der Waals surface area contributed by atoms with E-state index in [4.69, 9.17) is 9.26 Å². The second kappa shape index (κ2) is 5.79. The summed E-state index contributed by atoms with van der Waals surface area (Å²) >= 11 is 0. The monoisotopic (exact) mass is 239 g/mol. The quantitative estimate of drug-likeness (QED) is 0.747. The molecule has 1 aliphatic heterocycles. The third kappa shape index (κ3) is 3.04. The van der Waals surface area contributed by atoms with Gasteiger partial charge in [-0.2, -0.15) is 0 Å². The van der Waals surface area contributed by atoms with Gasteiger partial charge in [-0.1, -0.05) is 5.16 Å². The molecule has 0 saturated carbocycles. The Kier molecular flexibility index (Phi) is 4.11. The van der Waals surface area contributed by atoms with Crippen molar-refractivity contribution in [1.29, 1.82) is 0 Å². The van der Waals surface area contributed by atoms with E-state index in [1.807, 2.05) is 13.0 Å². The van der Waals surface area contributed by atoms with Crippen LogP contribution in [-0.4, -0.2) is 48.3 Å². The number of rotatable bonds is 4. The molecule has 1 aromatic rings. The molecule has 1 N–H and O–H groups in total. The summed E-state index contributed by atoms with van der Waals surface area (Å²) in [6.07, 6.45) is 1.61. The van der Waals surface area contributed by atoms with Gasteiger partial charge in [-0.05, 0) is 6.92 Å². The number of hydrogen-bond donors (Lipinski definition) is 1. The minimum atomic E-state index is -0.242. The molecule has 1 unspecified atom stereocenters. The van der Waals surface area contributed by atoms with Crippen molar-refractivity contribution in [1.82, 2.24) is 15.4 Å². The van der Waals surface area contributed by atoms with Crippen LogP contribution >= 0.6 is 0 Å². The van der Waals surface area contributed by atoms with E-state index in [9.17, 15) is 4.79 Å². The van der Waals surface area contributed by atoms with Crippen molar-refractivity contribution in [2.24, 2.45) is 0 Å². The van der Waals surface area contributed by atoms with Crippen LogP contribution in [0.25, 0.3) is 0 Å². The van der Waals surface area contributed by atoms with E-state index in [-0.39, 0.29) is 12.0 Å². The number of carbonyl (C=O) groups is 1. The Morgan fingerprint density at radius 3 is 3.35 bits per heavy atom. The highest BCUT2D eigenvalue weighted by Crippen LogP contribution is 2.11. The van der Waals surface area contributed by atoms with Gasteiger partial charge in [0.1, 0.15) is 6.04 Å². The summed E-state index contributed by atoms with van der Waals surface area (Å²) in [6.45, 7) is 5.09. The Hall–Kier alpha value is -1.40. The van der Waals surface area contributed by atoms with Crippen LogP contribution < -0.4 is 5.32 Å². The second-order valence-corrected chi connectivity index (χ2v) is 3.92. The zero-order valence-electron chi connectivity index (χ0n) is 9.89. The molecule has 1 saturated heterocycles. The first-order valence-corrected chi connectivity index (χ1v) is 5.82. The molecule has 1 atom stereocenters. The highest BCUT2D eigenvalue weighted by molar-refractivity contribution is 5.76. The fourth-order valence-corrected chi connectivity index (χ4v) is 1.93. The number of nitrogens with one attached hydrogen (secondary N) is 1. The normalized spacial score (nSPS) is 21.4. The molecule has 0 spiro atoms. The van der Waals surface area contributed by atoms with Gasteiger partial charge in [0.2, 0.25) is 0 Å². The van der Waals surface area contributed by atoms with Crippen LogP contribution in [0.15, 0.2) is 16.8 Å². The van der Waals surface area contributed by atoms with Crippen molar-refractivity contribution in [3.05, 3.63) is 18.0 Å². The molecule has 0 aliphatic carbocycles. The average Bonchev–Trinajstić information content (AvgIpc) is 2.83. The molecule has 0 amide bonds. The van der Waals surface area contributed by atoms with Crippen LogP contribution in [0.5, 0.6) is 0 Å². The number of nitrogens with zero attached hydrogens (tertiary/aromatic N) is 2. The van der Waals surface area contributed by atoms with Crippen LogP contribution in [0.2, 0.25) is 0 Å². The maximum absolute atomic E-state index is 11.8. The lowest BCUT2D eigenvalue weighted by molar-refractivity contribution is -0.150. The lowest BCUT2D eigenvalue weighted by Crippen LogP contribution is -2.54. The van der Waals surface area contributed by atoms with Gasteiger partial charge < -0.3 is 14.6 Å². The van der Waals surface area contributed by atoms with Gasteiger partial charge in [0, 0.05) is 25.7 Å². The lowest BCUT2D eigenvalue weighted by Gasteiger charge is -2.33. The average molecular weight is 239 g/mol. The highest BCUT2D eigenvalue weighted by Gasteiger charge is 2.30. The number of carbonyl (C=O) groups excluding carboxylic acids is 1. The summed E-state index contributed by atoms with van der Waals surface area (Å²) < 4.78 is 10.1. The van der Waals surface area contributed by atoms with Crippen LogP contribution in [0.4, 0.5) is 0 Å². The molecule has 0 aromatic carbocycles. The fourth-order valence-electron chi connectivity index (χ4n) is 1.93. The summed E-state index contributed by atoms with van der Waals surface area (Å²) in [4.78, 5) is 13.8. The Bertz CT molecular complexity index is 353. The van der Waals surface area contributed by atoms with Crippen LogP contribution in [0.1, 0.15) is 12.7 Å². The summed E-state index contributed by atoms with van der Waals surface area (Å²) in [5, 5.41) is 6.86. The Morgan fingerprint density at radius 2 is 2.65 bits per heavy atom. The fraction of sp³-hybridized carbons (Fsp3) is 0.636. The van der Waals surface area contributed by atoms with Crippen LogP contribution in [-0.2, 0) is 16.1 Å². The zero-order chi connectivity index (χ0) is 12.1. The van der Waals surface area contributed by atoms with Crippen LogP contribution in [0.3, 0.4) is 0 Å². The van der Waals surface area contributed by atoms with E-state index >= 15 is 0 Å². The zero-order valence-corrected chi connectivity index (χ0v) is 9.89. The molecule has 2 rings (SSSR count). The SMILES string of the molecule is CCOC(=O)C1CNCCN1Cc1ccno1. The summed E-state index contributed by atoms with van der Waals surface area (Å²) in [5.74, 6) is 0.584. The summed E-state index contributed by atoms with van der Waals surface area (Å²) in [5.41, 5.74) is 0. The van der Waals surface area contributed by atoms with Gasteiger partial charge in [0.15, 0.2) is 5.76 Å². The first-order valence-electron chi connectivity index (χ1n) is 5.82. The van der Waals surface area contributed by atoms with Gasteiger partial charge in [0.05, 0.1) is 19.3 Å². The van der Waals surface area contributed by atoms with Crippen molar-refractivity contribution in [2.75, 3.05) is 26.2 Å². The van der Waals surface area contributed by atoms with E-state index < -0.39 is 0 Å². The molecule has 6 heteroatoms. The third-order valence-corrected chi connectivity index (χ3v) is 2.76. The molecule has 0 bridgehead atoms. The standard InChI is InChI=1S/C11H17N3O3/c1-2-16-11(15)10-7-12-5-6-14(10)8-9-3-4-13-17-9/h3-4,10,12H,2,5-8H2,1H3. The van der Waals surface area contributed by atoms with Gasteiger partial charge in [-0.25, -0.2) is 0 Å². The third-order valence-electron chi connectivity index (χ3n) is 2.76. The highest BCUT2D eigenvalue weighted by atomic mass is 16.5. The van der Waals surface area contributed by atoms with E-state index in [1.165, 1.54) is 0 Å². The number of ether oxygens (including phenoxy) is 1. The molecule has 1 fully saturated rings. The molecule has 17 heavy (non-hydrogen) atoms. The number of aromatic nitrogens is 1. The number of esters is 1. The van der Waals surface area contributed by atoms with Gasteiger partial charge >= 0.3 is 5.97 Å². The summed E-state index contributed by atoms with van der Waals surface area (Å²) in [6, 6.07) is 1.57. The predicted octanol–water partition coefficient (Wildman–Crippen LogP) is 0.0115. The van der Waals surface area contributed by atoms with E-state index in [0.29, 0.717) is 19.7 Å². The van der Waals surface area contributed by atoms with E-state index in [2.05, 4.69) is 15.4 Å². The van der Waals surface area contributed by atoms with Crippen molar-refractivity contribution < 1.29 is 14.1 Å². The molecule has 6 nitrogen and oxygen atoms in total. The lowest BCUT2D eigenvalue weighted by atomic mass is 10.2. The van der Waals surface area contributed by atoms with Crippen LogP contribution in [0, 0.1) is 0 Å². The van der Waals surface area contributed by atoms with E-state index in [0.717, 1.165) is 18.8 Å². The minimum Gasteiger partial charge on any atom is -0.465 e. The molecule has 1 aliphatic rings. The Morgan fingerprint density at radius 1 is 1.76 bits per heavy atom. The molecular formula is C11H17N3O3. The van der Waals surface area contributed by atoms with Gasteiger partial charge in [0.25, 0.3) is 0 Å². The Labute approximate surface area is 99.9 Å². The Balaban J connectivity index is 1.99. The maximum Gasteiger partial charge on any atom is 0.324 e. The van der Waals surface area contributed by atoms with Crippen molar-refractivity contribution in [2.45, 2.75) is 19.5 Å². The molecule has 1 aromatic heterocycles. The molecule has 0 radical (unpaired) electrons. The smallest absolute Gasteiger partial charge is 0.324 e. The van der Waals surface area contributed by atoms with Gasteiger partial charge in [-0.15, -0.1) is 0 Å². The molecule has 94 valence electrons. The maximum atomic E-state index is 11.8. The van der Waals surface area contributed by atoms with E-state index in [1.54, 1.807) is 6.20 Å². The first-order chi connectivity index (χ1) is 8.31. The van der Waals surface area contributed by atoms with Crippen molar-refractivity contribution in [3.63, 3.8) is 0 Å². The molecular weight excluding hydrogens is 222 g/mol. The molecule has 2 heterocycles. The summed E-state index contributed by atoms with van der Waals surface area (Å²) in [7, 11) is 0. The van der Waals surface area contributed by atoms with Gasteiger partial charge in [-0.3, -0.25) is 9.69 Å². The number of hydrogen-bond acceptors (Lipinski definition) is 6. The van der Waals surface area contributed by atoms with Crippen molar-refractivity contribution in [3.8, 4) is 0 Å². The second-order valence-electron chi connectivity index (χ2n) is 3.92. The van der Waals surface area contributed by atoms with Crippen molar-refractivity contribution >= 4 is 5.97 Å². The topological polar surface area (TPSA) is 67.6 Å². The first kappa shape index (κ1) is 12.1. The largest absolute Gasteiger partial charge is 0.465 e. The number of piperazine rings is 1.